The molecule has 1 rings (SSSR count). The second kappa shape index (κ2) is 8.79. The summed E-state index contributed by atoms with van der Waals surface area (Å²) in [5, 5.41) is 21.5. The van der Waals surface area contributed by atoms with Gasteiger partial charge in [-0.05, 0) is 19.1 Å². The average Bonchev–Trinajstić information content (AvgIpc) is 1.87. The van der Waals surface area contributed by atoms with Crippen LogP contribution in [0.4, 0.5) is 0 Å². The number of aromatic nitrogens is 1. The summed E-state index contributed by atoms with van der Waals surface area (Å²) < 4.78 is 0. The maximum atomic E-state index is 7.17. The minimum atomic E-state index is -2.17. The summed E-state index contributed by atoms with van der Waals surface area (Å²) in [4.78, 5) is 3.98. The van der Waals surface area contributed by atoms with Gasteiger partial charge in [0.2, 0.25) is 0 Å². The SMILES string of the molecule is Cc1ccccn1.OB(O)O.[H-].[Li+]. The Balaban J connectivity index is -0.000000150. The van der Waals surface area contributed by atoms with Crippen LogP contribution in [-0.2, 0) is 0 Å². The van der Waals surface area contributed by atoms with E-state index in [0.29, 0.717) is 0 Å². The molecule has 0 fully saturated rings. The Bertz CT molecular complexity index is 188. The largest absolute Gasteiger partial charge is 1.00 e. The first-order valence-corrected chi connectivity index (χ1v) is 3.05. The van der Waals surface area contributed by atoms with Crippen LogP contribution < -0.4 is 18.9 Å². The topological polar surface area (TPSA) is 73.6 Å². The fourth-order valence-electron chi connectivity index (χ4n) is 0.448. The number of nitrogens with zero attached hydrogens (tertiary/aromatic N) is 1. The molecule has 0 saturated heterocycles. The Kier molecular flexibility index (Phi) is 10.4. The zero-order valence-corrected chi connectivity index (χ0v) is 7.18. The summed E-state index contributed by atoms with van der Waals surface area (Å²) in [6.45, 7) is 1.97. The summed E-state index contributed by atoms with van der Waals surface area (Å²) in [6.07, 6.45) is 1.79. The molecule has 0 aromatic carbocycles. The van der Waals surface area contributed by atoms with Gasteiger partial charge in [-0.3, -0.25) is 4.98 Å². The van der Waals surface area contributed by atoms with E-state index in [4.69, 9.17) is 15.1 Å². The van der Waals surface area contributed by atoms with Crippen molar-refractivity contribution in [2.24, 2.45) is 0 Å². The molecule has 0 amide bonds. The smallest absolute Gasteiger partial charge is 1.00 e. The van der Waals surface area contributed by atoms with Crippen molar-refractivity contribution < 1.29 is 35.4 Å². The summed E-state index contributed by atoms with van der Waals surface area (Å²) >= 11 is 0. The van der Waals surface area contributed by atoms with Gasteiger partial charge in [0, 0.05) is 11.9 Å². The van der Waals surface area contributed by atoms with Crippen molar-refractivity contribution in [3.05, 3.63) is 30.1 Å². The maximum absolute atomic E-state index is 7.17. The summed E-state index contributed by atoms with van der Waals surface area (Å²) in [7, 11) is -2.17. The first kappa shape index (κ1) is 14.2. The van der Waals surface area contributed by atoms with Gasteiger partial charge in [0.1, 0.15) is 0 Å². The molecular weight excluding hydrogens is 152 g/mol. The van der Waals surface area contributed by atoms with Crippen molar-refractivity contribution in [2.45, 2.75) is 6.92 Å². The monoisotopic (exact) mass is 163 g/mol. The quantitative estimate of drug-likeness (QED) is 0.346. The van der Waals surface area contributed by atoms with Gasteiger partial charge < -0.3 is 16.5 Å². The zero-order chi connectivity index (χ0) is 8.69. The number of hydrogen-bond donors (Lipinski definition) is 3. The third kappa shape index (κ3) is 12.4. The summed E-state index contributed by atoms with van der Waals surface area (Å²) in [6, 6.07) is 5.86. The first-order valence-electron chi connectivity index (χ1n) is 3.05. The number of hydrogen-bond acceptors (Lipinski definition) is 4. The average molecular weight is 163 g/mol. The molecule has 0 spiro atoms. The molecule has 0 aliphatic rings. The molecule has 0 atom stereocenters. The van der Waals surface area contributed by atoms with Crippen LogP contribution in [-0.4, -0.2) is 27.4 Å². The molecule has 0 saturated carbocycles. The van der Waals surface area contributed by atoms with Crippen LogP contribution in [0.2, 0.25) is 0 Å². The van der Waals surface area contributed by atoms with Crippen LogP contribution >= 0.6 is 0 Å². The fraction of sp³-hybridized carbons (Fsp3) is 0.167. The Hall–Kier alpha value is -0.308. The Morgan fingerprint density at radius 3 is 2.00 bits per heavy atom. The summed E-state index contributed by atoms with van der Waals surface area (Å²) in [5.41, 5.74) is 1.07. The third-order valence-corrected chi connectivity index (χ3v) is 0.813. The molecule has 6 heteroatoms. The molecule has 1 aromatic heterocycles. The van der Waals surface area contributed by atoms with Crippen LogP contribution in [0.1, 0.15) is 7.12 Å². The summed E-state index contributed by atoms with van der Waals surface area (Å²) in [5.74, 6) is 0. The Labute approximate surface area is 85.1 Å². The van der Waals surface area contributed by atoms with E-state index in [9.17, 15) is 0 Å². The van der Waals surface area contributed by atoms with Gasteiger partial charge in [-0.1, -0.05) is 6.07 Å². The molecule has 1 aromatic rings. The standard InChI is InChI=1S/C6H7N.BH3O3.Li.H/c1-6-4-2-3-5-7-6;2-1(3)4;;/h2-5H,1H3;2-4H;;/q;;+1;-1. The second-order valence-electron chi connectivity index (χ2n) is 1.82. The van der Waals surface area contributed by atoms with Gasteiger partial charge in [-0.2, -0.15) is 0 Å². The molecule has 12 heavy (non-hydrogen) atoms. The molecule has 62 valence electrons. The predicted octanol–water partition coefficient (Wildman–Crippen LogP) is -3.55. The van der Waals surface area contributed by atoms with Crippen LogP contribution in [0.5, 0.6) is 0 Å². The van der Waals surface area contributed by atoms with Gasteiger partial charge in [-0.15, -0.1) is 0 Å². The van der Waals surface area contributed by atoms with E-state index < -0.39 is 7.32 Å². The molecule has 0 unspecified atom stereocenters. The van der Waals surface area contributed by atoms with Gasteiger partial charge in [0.05, 0.1) is 0 Å². The van der Waals surface area contributed by atoms with Crippen molar-refractivity contribution in [2.75, 3.05) is 0 Å². The van der Waals surface area contributed by atoms with E-state index >= 15 is 0 Å². The molecular formula is C6H11BLiNO3. The van der Waals surface area contributed by atoms with Crippen molar-refractivity contribution >= 4 is 7.32 Å². The predicted molar refractivity (Wildman–Crippen MR) is 42.5 cm³/mol. The third-order valence-electron chi connectivity index (χ3n) is 0.813. The minimum Gasteiger partial charge on any atom is -1.00 e. The fourth-order valence-corrected chi connectivity index (χ4v) is 0.448. The number of pyridine rings is 1. The molecule has 0 radical (unpaired) electrons. The van der Waals surface area contributed by atoms with Crippen molar-refractivity contribution in [3.63, 3.8) is 0 Å². The van der Waals surface area contributed by atoms with Crippen molar-refractivity contribution in [1.29, 1.82) is 0 Å². The van der Waals surface area contributed by atoms with E-state index in [2.05, 4.69) is 4.98 Å². The van der Waals surface area contributed by atoms with Gasteiger partial charge in [0.25, 0.3) is 0 Å². The zero-order valence-electron chi connectivity index (χ0n) is 8.18. The number of aryl methyl sites for hydroxylation is 1. The van der Waals surface area contributed by atoms with E-state index in [1.54, 1.807) is 6.20 Å². The minimum absolute atomic E-state index is 0. The van der Waals surface area contributed by atoms with Crippen LogP contribution in [0.15, 0.2) is 24.4 Å². The molecule has 0 bridgehead atoms. The van der Waals surface area contributed by atoms with Crippen molar-refractivity contribution in [3.8, 4) is 0 Å². The second-order valence-corrected chi connectivity index (χ2v) is 1.82. The first-order chi connectivity index (χ1) is 5.13. The van der Waals surface area contributed by atoms with E-state index in [-0.39, 0.29) is 20.3 Å². The van der Waals surface area contributed by atoms with E-state index in [0.717, 1.165) is 5.69 Å². The van der Waals surface area contributed by atoms with Crippen LogP contribution in [0.3, 0.4) is 0 Å². The maximum Gasteiger partial charge on any atom is 1.00 e. The molecule has 1 heterocycles. The van der Waals surface area contributed by atoms with Crippen LogP contribution in [0, 0.1) is 6.92 Å². The Morgan fingerprint density at radius 2 is 1.83 bits per heavy atom. The molecule has 0 aliphatic heterocycles. The van der Waals surface area contributed by atoms with Gasteiger partial charge in [-0.25, -0.2) is 0 Å². The van der Waals surface area contributed by atoms with Crippen molar-refractivity contribution in [1.82, 2.24) is 4.98 Å². The molecule has 3 N–H and O–H groups in total. The number of rotatable bonds is 0. The van der Waals surface area contributed by atoms with E-state index in [1.807, 2.05) is 25.1 Å². The van der Waals surface area contributed by atoms with Crippen LogP contribution in [0.25, 0.3) is 0 Å². The van der Waals surface area contributed by atoms with Gasteiger partial charge >= 0.3 is 26.2 Å². The normalized spacial score (nSPS) is 7.33. The van der Waals surface area contributed by atoms with Gasteiger partial charge in [0.15, 0.2) is 0 Å². The van der Waals surface area contributed by atoms with E-state index in [1.165, 1.54) is 0 Å². The Morgan fingerprint density at radius 1 is 1.33 bits per heavy atom. The molecule has 0 aliphatic carbocycles. The molecule has 4 nitrogen and oxygen atoms in total.